The summed E-state index contributed by atoms with van der Waals surface area (Å²) in [4.78, 5) is 5.00. The molecule has 2 saturated heterocycles. The number of rotatable bonds is 2. The summed E-state index contributed by atoms with van der Waals surface area (Å²) in [6.45, 7) is 10.4. The lowest BCUT2D eigenvalue weighted by Crippen LogP contribution is -2.45. The molecule has 2 aliphatic rings. The normalized spacial score (nSPS) is 35.1. The topological polar surface area (TPSA) is 32.5 Å². The first kappa shape index (κ1) is 10.4. The van der Waals surface area contributed by atoms with E-state index >= 15 is 0 Å². The molecule has 0 saturated carbocycles. The molecule has 2 aliphatic heterocycles. The molecular weight excluding hydrogens is 174 g/mol. The van der Waals surface area contributed by atoms with Crippen molar-refractivity contribution in [3.8, 4) is 0 Å². The molecule has 3 nitrogen and oxygen atoms in total. The van der Waals surface area contributed by atoms with Crippen molar-refractivity contribution in [2.45, 2.75) is 19.4 Å². The van der Waals surface area contributed by atoms with Crippen LogP contribution >= 0.6 is 0 Å². The molecule has 82 valence electrons. The largest absolute Gasteiger partial charge is 0.324 e. The number of likely N-dealkylation sites (tertiary alicyclic amines) is 2. The lowest BCUT2D eigenvalue weighted by atomic mass is 10.0. The van der Waals surface area contributed by atoms with Crippen LogP contribution in [0, 0.1) is 11.8 Å². The van der Waals surface area contributed by atoms with Gasteiger partial charge in [0.1, 0.15) is 0 Å². The van der Waals surface area contributed by atoms with Gasteiger partial charge in [0, 0.05) is 38.3 Å². The van der Waals surface area contributed by atoms with Crippen LogP contribution in [0.3, 0.4) is 0 Å². The number of hydrogen-bond acceptors (Lipinski definition) is 3. The second-order valence-corrected chi connectivity index (χ2v) is 5.92. The quantitative estimate of drug-likeness (QED) is 0.687. The summed E-state index contributed by atoms with van der Waals surface area (Å²) in [6, 6.07) is 0. The van der Waals surface area contributed by atoms with Crippen LogP contribution in [-0.2, 0) is 0 Å². The van der Waals surface area contributed by atoms with Gasteiger partial charge in [0.15, 0.2) is 0 Å². The molecule has 2 rings (SSSR count). The van der Waals surface area contributed by atoms with Crippen molar-refractivity contribution < 1.29 is 0 Å². The predicted molar refractivity (Wildman–Crippen MR) is 59.2 cm³/mol. The zero-order valence-corrected chi connectivity index (χ0v) is 9.66. The van der Waals surface area contributed by atoms with Crippen LogP contribution in [0.15, 0.2) is 0 Å². The molecule has 2 heterocycles. The third kappa shape index (κ3) is 2.27. The Morgan fingerprint density at radius 2 is 1.64 bits per heavy atom. The van der Waals surface area contributed by atoms with E-state index in [1.807, 2.05) is 0 Å². The average Bonchev–Trinajstić information content (AvgIpc) is 2.39. The molecule has 2 N–H and O–H groups in total. The Bertz CT molecular complexity index is 195. The molecule has 0 aromatic heterocycles. The van der Waals surface area contributed by atoms with Gasteiger partial charge in [-0.3, -0.25) is 0 Å². The van der Waals surface area contributed by atoms with Crippen molar-refractivity contribution in [1.82, 2.24) is 9.80 Å². The molecule has 0 aromatic carbocycles. The Kier molecular flexibility index (Phi) is 2.58. The molecule has 2 fully saturated rings. The van der Waals surface area contributed by atoms with E-state index in [0.29, 0.717) is 0 Å². The van der Waals surface area contributed by atoms with Crippen molar-refractivity contribution in [1.29, 1.82) is 0 Å². The van der Waals surface area contributed by atoms with Gasteiger partial charge < -0.3 is 15.5 Å². The number of nitrogens with zero attached hydrogens (tertiary/aromatic N) is 2. The van der Waals surface area contributed by atoms with Crippen LogP contribution in [0.5, 0.6) is 0 Å². The van der Waals surface area contributed by atoms with Crippen molar-refractivity contribution in [2.24, 2.45) is 17.6 Å². The van der Waals surface area contributed by atoms with Crippen LogP contribution in [0.4, 0.5) is 0 Å². The van der Waals surface area contributed by atoms with E-state index in [0.717, 1.165) is 18.4 Å². The maximum atomic E-state index is 6.04. The van der Waals surface area contributed by atoms with Crippen molar-refractivity contribution >= 4 is 0 Å². The maximum absolute atomic E-state index is 6.04. The molecule has 2 unspecified atom stereocenters. The first-order valence-electron chi connectivity index (χ1n) is 5.64. The van der Waals surface area contributed by atoms with E-state index < -0.39 is 0 Å². The monoisotopic (exact) mass is 197 g/mol. The molecule has 2 atom stereocenters. The highest BCUT2D eigenvalue weighted by atomic mass is 15.2. The van der Waals surface area contributed by atoms with Gasteiger partial charge in [0.2, 0.25) is 0 Å². The first-order valence-corrected chi connectivity index (χ1v) is 5.64. The van der Waals surface area contributed by atoms with Crippen LogP contribution in [-0.4, -0.2) is 55.1 Å². The van der Waals surface area contributed by atoms with E-state index in [2.05, 4.69) is 30.7 Å². The summed E-state index contributed by atoms with van der Waals surface area (Å²) >= 11 is 0. The van der Waals surface area contributed by atoms with Gasteiger partial charge in [-0.15, -0.1) is 0 Å². The SMILES string of the molecule is CN1CC2CN(CC(C)(C)N)CC2C1. The third-order valence-corrected chi connectivity index (χ3v) is 3.38. The third-order valence-electron chi connectivity index (χ3n) is 3.38. The Labute approximate surface area is 87.2 Å². The van der Waals surface area contributed by atoms with Gasteiger partial charge in [-0.1, -0.05) is 0 Å². The number of fused-ring (bicyclic) bond motifs is 1. The lowest BCUT2D eigenvalue weighted by Gasteiger charge is -2.27. The van der Waals surface area contributed by atoms with Gasteiger partial charge in [-0.2, -0.15) is 0 Å². The highest BCUT2D eigenvalue weighted by molar-refractivity contribution is 4.93. The first-order chi connectivity index (χ1) is 6.44. The van der Waals surface area contributed by atoms with Crippen LogP contribution in [0.1, 0.15) is 13.8 Å². The van der Waals surface area contributed by atoms with Crippen LogP contribution < -0.4 is 5.73 Å². The van der Waals surface area contributed by atoms with Crippen molar-refractivity contribution in [3.63, 3.8) is 0 Å². The van der Waals surface area contributed by atoms with Gasteiger partial charge in [-0.25, -0.2) is 0 Å². The Balaban J connectivity index is 1.86. The molecular formula is C11H23N3. The lowest BCUT2D eigenvalue weighted by molar-refractivity contribution is 0.237. The minimum absolute atomic E-state index is 0.0372. The molecule has 3 heteroatoms. The van der Waals surface area contributed by atoms with Crippen molar-refractivity contribution in [3.05, 3.63) is 0 Å². The maximum Gasteiger partial charge on any atom is 0.0226 e. The molecule has 0 radical (unpaired) electrons. The highest BCUT2D eigenvalue weighted by Crippen LogP contribution is 2.30. The van der Waals surface area contributed by atoms with E-state index in [1.54, 1.807) is 0 Å². The Morgan fingerprint density at radius 3 is 2.07 bits per heavy atom. The van der Waals surface area contributed by atoms with E-state index in [9.17, 15) is 0 Å². The Morgan fingerprint density at radius 1 is 1.14 bits per heavy atom. The molecule has 0 amide bonds. The van der Waals surface area contributed by atoms with Gasteiger partial charge in [-0.05, 0) is 32.7 Å². The van der Waals surface area contributed by atoms with Crippen LogP contribution in [0.2, 0.25) is 0 Å². The summed E-state index contributed by atoms with van der Waals surface area (Å²) in [5.74, 6) is 1.81. The van der Waals surface area contributed by atoms with Crippen molar-refractivity contribution in [2.75, 3.05) is 39.8 Å². The standard InChI is InChI=1S/C11H23N3/c1-11(2,12)8-14-6-9-4-13(3)5-10(9)7-14/h9-10H,4-8,12H2,1-3H3. The van der Waals surface area contributed by atoms with Gasteiger partial charge in [0.25, 0.3) is 0 Å². The predicted octanol–water partition coefficient (Wildman–Crippen LogP) is 0.217. The summed E-state index contributed by atoms with van der Waals surface area (Å²) < 4.78 is 0. The zero-order valence-electron chi connectivity index (χ0n) is 9.66. The minimum atomic E-state index is -0.0372. The van der Waals surface area contributed by atoms with E-state index in [4.69, 9.17) is 5.73 Å². The molecule has 0 spiro atoms. The molecule has 0 bridgehead atoms. The summed E-state index contributed by atoms with van der Waals surface area (Å²) in [5, 5.41) is 0. The summed E-state index contributed by atoms with van der Waals surface area (Å²) in [7, 11) is 2.23. The minimum Gasteiger partial charge on any atom is -0.324 e. The summed E-state index contributed by atoms with van der Waals surface area (Å²) in [5.41, 5.74) is 6.00. The second kappa shape index (κ2) is 3.47. The zero-order chi connectivity index (χ0) is 10.3. The fourth-order valence-electron chi connectivity index (χ4n) is 3.03. The fourth-order valence-corrected chi connectivity index (χ4v) is 3.03. The smallest absolute Gasteiger partial charge is 0.0226 e. The Hall–Kier alpha value is -0.120. The fraction of sp³-hybridized carbons (Fsp3) is 1.00. The number of nitrogens with two attached hydrogens (primary N) is 1. The van der Waals surface area contributed by atoms with Crippen LogP contribution in [0.25, 0.3) is 0 Å². The molecule has 0 aromatic rings. The van der Waals surface area contributed by atoms with E-state index in [-0.39, 0.29) is 5.54 Å². The number of hydrogen-bond donors (Lipinski definition) is 1. The molecule has 0 aliphatic carbocycles. The summed E-state index contributed by atoms with van der Waals surface area (Å²) in [6.07, 6.45) is 0. The molecule has 14 heavy (non-hydrogen) atoms. The van der Waals surface area contributed by atoms with Gasteiger partial charge in [0.05, 0.1) is 0 Å². The highest BCUT2D eigenvalue weighted by Gasteiger charge is 2.39. The van der Waals surface area contributed by atoms with E-state index in [1.165, 1.54) is 26.2 Å². The van der Waals surface area contributed by atoms with Gasteiger partial charge >= 0.3 is 0 Å². The average molecular weight is 197 g/mol. The second-order valence-electron chi connectivity index (χ2n) is 5.92.